The van der Waals surface area contributed by atoms with E-state index in [9.17, 15) is 23.3 Å². The van der Waals surface area contributed by atoms with Crippen molar-refractivity contribution in [1.82, 2.24) is 0 Å². The lowest BCUT2D eigenvalue weighted by molar-refractivity contribution is 0.107. The third kappa shape index (κ3) is 4.98. The summed E-state index contributed by atoms with van der Waals surface area (Å²) in [6, 6.07) is 8.06. The third-order valence-electron chi connectivity index (χ3n) is 4.07. The Morgan fingerprint density at radius 1 is 1.24 bits per heavy atom. The Balaban J connectivity index is 1.83. The molecule has 3 rings (SSSR count). The molecule has 1 aliphatic rings. The number of carbonyl (C=O) groups is 1. The highest BCUT2D eigenvalue weighted by Crippen LogP contribution is 2.28. The smallest absolute Gasteiger partial charge is 0.491 e. The summed E-state index contributed by atoms with van der Waals surface area (Å²) < 4.78 is 42.8. The van der Waals surface area contributed by atoms with E-state index in [-0.39, 0.29) is 41.8 Å². The van der Waals surface area contributed by atoms with Gasteiger partial charge in [0.2, 0.25) is 0 Å². The zero-order chi connectivity index (χ0) is 21.0. The first-order chi connectivity index (χ1) is 13.8. The predicted octanol–water partition coefficient (Wildman–Crippen LogP) is 0.606. The predicted molar refractivity (Wildman–Crippen MR) is 105 cm³/mol. The Hall–Kier alpha value is -2.80. The zero-order valence-corrected chi connectivity index (χ0v) is 16.2. The van der Waals surface area contributed by atoms with Crippen molar-refractivity contribution in [1.29, 1.82) is 0 Å². The number of sulfonamides is 1. The average molecular weight is 422 g/mol. The van der Waals surface area contributed by atoms with Crippen molar-refractivity contribution in [3.8, 4) is 5.75 Å². The number of carbonyl (C=O) groups excluding carboxylic acids is 1. The molecule has 0 saturated carbocycles. The van der Waals surface area contributed by atoms with Crippen LogP contribution >= 0.6 is 0 Å². The summed E-state index contributed by atoms with van der Waals surface area (Å²) in [6.45, 7) is 0.385. The van der Waals surface area contributed by atoms with Gasteiger partial charge < -0.3 is 24.3 Å². The number of anilines is 2. The van der Waals surface area contributed by atoms with Crippen LogP contribution in [0.15, 0.2) is 41.3 Å². The number of phenolic OH excluding ortho intramolecular Hbond substituents is 1. The van der Waals surface area contributed by atoms with E-state index in [1.54, 1.807) is 6.07 Å². The van der Waals surface area contributed by atoms with Crippen LogP contribution in [0.1, 0.15) is 5.56 Å². The van der Waals surface area contributed by atoms with Gasteiger partial charge in [-0.15, -0.1) is 0 Å². The Bertz CT molecular complexity index is 1010. The normalized spacial score (nSPS) is 13.1. The minimum Gasteiger partial charge on any atom is -0.508 e. The summed E-state index contributed by atoms with van der Waals surface area (Å²) >= 11 is 0. The number of methoxy groups -OCH3 is 1. The summed E-state index contributed by atoms with van der Waals surface area (Å²) in [5, 5.41) is 21.8. The SMILES string of the molecule is COCCOC(=O)Nc1cc(O)ccc1S(=O)(=O)Nc1ccc2c(c1)B(O)OC2. The summed E-state index contributed by atoms with van der Waals surface area (Å²) in [4.78, 5) is 11.6. The Kier molecular flexibility index (Phi) is 6.28. The topological polar surface area (TPSA) is 143 Å². The van der Waals surface area contributed by atoms with E-state index in [0.29, 0.717) is 5.46 Å². The number of aromatic hydroxyl groups is 1. The molecule has 4 N–H and O–H groups in total. The molecule has 0 atom stereocenters. The highest BCUT2D eigenvalue weighted by molar-refractivity contribution is 7.92. The summed E-state index contributed by atoms with van der Waals surface area (Å²) in [7, 11) is -3.83. The number of fused-ring (bicyclic) bond motifs is 1. The number of benzene rings is 2. The van der Waals surface area contributed by atoms with Crippen molar-refractivity contribution in [2.45, 2.75) is 11.5 Å². The molecule has 12 heteroatoms. The molecule has 0 unspecified atom stereocenters. The lowest BCUT2D eigenvalue weighted by atomic mass is 9.79. The van der Waals surface area contributed by atoms with Gasteiger partial charge in [0.1, 0.15) is 17.3 Å². The van der Waals surface area contributed by atoms with Crippen LogP contribution in [0.25, 0.3) is 0 Å². The minimum absolute atomic E-state index is 0.0268. The number of rotatable bonds is 7. The number of hydrogen-bond acceptors (Lipinski definition) is 8. The second kappa shape index (κ2) is 8.70. The van der Waals surface area contributed by atoms with E-state index in [1.807, 2.05) is 0 Å². The summed E-state index contributed by atoms with van der Waals surface area (Å²) in [5.41, 5.74) is 1.27. The quantitative estimate of drug-likeness (QED) is 0.375. The van der Waals surface area contributed by atoms with Gasteiger partial charge in [-0.3, -0.25) is 10.0 Å². The third-order valence-corrected chi connectivity index (χ3v) is 5.51. The van der Waals surface area contributed by atoms with E-state index in [2.05, 4.69) is 10.0 Å². The molecule has 2 aromatic rings. The van der Waals surface area contributed by atoms with Gasteiger partial charge in [-0.2, -0.15) is 0 Å². The summed E-state index contributed by atoms with van der Waals surface area (Å²) in [6.07, 6.45) is -0.901. The monoisotopic (exact) mass is 422 g/mol. The van der Waals surface area contributed by atoms with Gasteiger partial charge in [0.25, 0.3) is 10.0 Å². The number of ether oxygens (including phenoxy) is 2. The minimum atomic E-state index is -4.14. The van der Waals surface area contributed by atoms with Gasteiger partial charge in [-0.05, 0) is 35.3 Å². The highest BCUT2D eigenvalue weighted by atomic mass is 32.2. The first-order valence-electron chi connectivity index (χ1n) is 8.51. The van der Waals surface area contributed by atoms with Crippen molar-refractivity contribution < 1.29 is 37.5 Å². The maximum absolute atomic E-state index is 12.9. The van der Waals surface area contributed by atoms with Gasteiger partial charge >= 0.3 is 13.2 Å². The fraction of sp³-hybridized carbons (Fsp3) is 0.235. The van der Waals surface area contributed by atoms with Crippen LogP contribution in [0, 0.1) is 0 Å². The van der Waals surface area contributed by atoms with E-state index < -0.39 is 23.2 Å². The van der Waals surface area contributed by atoms with E-state index in [0.717, 1.165) is 17.7 Å². The Morgan fingerprint density at radius 3 is 2.79 bits per heavy atom. The fourth-order valence-corrected chi connectivity index (χ4v) is 3.90. The molecule has 1 aliphatic heterocycles. The zero-order valence-electron chi connectivity index (χ0n) is 15.4. The molecule has 10 nitrogen and oxygen atoms in total. The Morgan fingerprint density at radius 2 is 2.03 bits per heavy atom. The highest BCUT2D eigenvalue weighted by Gasteiger charge is 2.28. The maximum atomic E-state index is 12.9. The Labute approximate surface area is 167 Å². The second-order valence-electron chi connectivity index (χ2n) is 6.12. The number of hydrogen-bond donors (Lipinski definition) is 4. The van der Waals surface area contributed by atoms with Crippen LogP contribution < -0.4 is 15.5 Å². The van der Waals surface area contributed by atoms with Gasteiger partial charge in [0.15, 0.2) is 0 Å². The molecule has 1 heterocycles. The van der Waals surface area contributed by atoms with Crippen molar-refractivity contribution in [3.05, 3.63) is 42.0 Å². The fourth-order valence-electron chi connectivity index (χ4n) is 2.70. The second-order valence-corrected chi connectivity index (χ2v) is 7.77. The molecule has 0 radical (unpaired) electrons. The molecule has 1 amide bonds. The molecular formula is C17H19BN2O8S. The molecule has 0 spiro atoms. The molecular weight excluding hydrogens is 403 g/mol. The first-order valence-corrected chi connectivity index (χ1v) is 9.99. The lowest BCUT2D eigenvalue weighted by Gasteiger charge is -2.14. The van der Waals surface area contributed by atoms with E-state index >= 15 is 0 Å². The number of phenols is 1. The van der Waals surface area contributed by atoms with Gasteiger partial charge in [-0.25, -0.2) is 13.2 Å². The number of amides is 1. The molecule has 0 aromatic heterocycles. The van der Waals surface area contributed by atoms with Crippen LogP contribution in [0.4, 0.5) is 16.2 Å². The van der Waals surface area contributed by atoms with E-state index in [1.165, 1.54) is 25.3 Å². The lowest BCUT2D eigenvalue weighted by Crippen LogP contribution is -2.28. The van der Waals surface area contributed by atoms with Crippen LogP contribution in [0.3, 0.4) is 0 Å². The molecule has 0 saturated heterocycles. The van der Waals surface area contributed by atoms with Crippen LogP contribution in [-0.2, 0) is 30.8 Å². The maximum Gasteiger partial charge on any atom is 0.491 e. The molecule has 29 heavy (non-hydrogen) atoms. The molecule has 2 aromatic carbocycles. The summed E-state index contributed by atoms with van der Waals surface area (Å²) in [5.74, 6) is -0.242. The van der Waals surface area contributed by atoms with Gasteiger partial charge in [0, 0.05) is 18.9 Å². The molecule has 154 valence electrons. The molecule has 0 aliphatic carbocycles. The average Bonchev–Trinajstić information content (AvgIpc) is 3.02. The van der Waals surface area contributed by atoms with Gasteiger partial charge in [0.05, 0.1) is 18.9 Å². The van der Waals surface area contributed by atoms with Crippen molar-refractivity contribution in [2.24, 2.45) is 0 Å². The van der Waals surface area contributed by atoms with Crippen LogP contribution in [-0.4, -0.2) is 52.1 Å². The first kappa shape index (κ1) is 20.9. The van der Waals surface area contributed by atoms with Crippen LogP contribution in [0.2, 0.25) is 0 Å². The van der Waals surface area contributed by atoms with Crippen molar-refractivity contribution in [2.75, 3.05) is 30.4 Å². The largest absolute Gasteiger partial charge is 0.508 e. The van der Waals surface area contributed by atoms with Gasteiger partial charge in [-0.1, -0.05) is 6.07 Å². The van der Waals surface area contributed by atoms with Crippen molar-refractivity contribution >= 4 is 40.1 Å². The van der Waals surface area contributed by atoms with Crippen LogP contribution in [0.5, 0.6) is 5.75 Å². The molecule has 0 bridgehead atoms. The van der Waals surface area contributed by atoms with E-state index in [4.69, 9.17) is 14.1 Å². The van der Waals surface area contributed by atoms with Crippen molar-refractivity contribution in [3.63, 3.8) is 0 Å². The number of nitrogens with one attached hydrogen (secondary N) is 2. The standard InChI is InChI=1S/C17H19BN2O8S/c1-26-6-7-27-17(22)19-15-9-13(21)4-5-16(15)29(24,25)20-12-3-2-11-10-28-18(23)14(11)8-12/h2-5,8-9,20-21,23H,6-7,10H2,1H3,(H,19,22). The molecule has 0 fully saturated rings.